The summed E-state index contributed by atoms with van der Waals surface area (Å²) < 4.78 is 14.0. The zero-order valence-corrected chi connectivity index (χ0v) is 22.0. The first-order chi connectivity index (χ1) is 15.9. The minimum Gasteiger partial charge on any atom is -0.545 e. The monoisotopic (exact) mass is 480 g/mol. The van der Waals surface area contributed by atoms with Gasteiger partial charge >= 0.3 is 29.6 Å². The van der Waals surface area contributed by atoms with E-state index in [9.17, 15) is 14.7 Å². The maximum atomic E-state index is 13.6. The number of nitrogens with zero attached hydrogens (tertiary/aromatic N) is 2. The molecule has 0 atom stereocenters. The quantitative estimate of drug-likeness (QED) is 0.213. The first-order valence-corrected chi connectivity index (χ1v) is 11.2. The standard InChI is InChI=1S/C26H22N2O4S.Na/c1-16(2)32-20-11-8-18(9-12-20)25(29)21(14-17-6-4-3-5-7-17)24(26(30)31)19-10-13-22-23(15-19)28-33-27-22;/h3-13,15-16H,14H2,1-2H3,(H,30,31);/q;+1/p-1/b24-21+;. The number of fused-ring (bicyclic) bond motifs is 1. The molecule has 0 amide bonds. The van der Waals surface area contributed by atoms with Crippen LogP contribution in [-0.4, -0.2) is 26.6 Å². The molecule has 166 valence electrons. The molecular weight excluding hydrogens is 459 g/mol. The summed E-state index contributed by atoms with van der Waals surface area (Å²) in [6.07, 6.45) is 0.139. The maximum Gasteiger partial charge on any atom is 1.00 e. The molecule has 0 N–H and O–H groups in total. The molecule has 3 aromatic carbocycles. The van der Waals surface area contributed by atoms with E-state index in [1.807, 2.05) is 44.2 Å². The Kier molecular flexibility index (Phi) is 8.74. The van der Waals surface area contributed by atoms with Crippen LogP contribution in [0.2, 0.25) is 0 Å². The van der Waals surface area contributed by atoms with Crippen molar-refractivity contribution in [1.29, 1.82) is 0 Å². The van der Waals surface area contributed by atoms with Gasteiger partial charge in [0.1, 0.15) is 16.8 Å². The molecule has 0 bridgehead atoms. The van der Waals surface area contributed by atoms with E-state index in [1.165, 1.54) is 0 Å². The summed E-state index contributed by atoms with van der Waals surface area (Å²) in [5, 5.41) is 12.3. The van der Waals surface area contributed by atoms with Crippen LogP contribution in [0.15, 0.2) is 78.4 Å². The van der Waals surface area contributed by atoms with Crippen molar-refractivity contribution in [3.8, 4) is 5.75 Å². The number of carbonyl (C=O) groups is 2. The van der Waals surface area contributed by atoms with E-state index in [2.05, 4.69) is 8.75 Å². The fourth-order valence-electron chi connectivity index (χ4n) is 3.57. The predicted molar refractivity (Wildman–Crippen MR) is 126 cm³/mol. The molecule has 6 nitrogen and oxygen atoms in total. The molecule has 34 heavy (non-hydrogen) atoms. The molecule has 0 spiro atoms. The molecule has 0 aliphatic carbocycles. The van der Waals surface area contributed by atoms with Gasteiger partial charge in [0.2, 0.25) is 0 Å². The van der Waals surface area contributed by atoms with Crippen LogP contribution in [0.25, 0.3) is 16.6 Å². The van der Waals surface area contributed by atoms with Gasteiger partial charge in [-0.2, -0.15) is 8.75 Å². The maximum absolute atomic E-state index is 13.6. The van der Waals surface area contributed by atoms with Crippen LogP contribution < -0.4 is 39.4 Å². The Labute approximate surface area is 223 Å². The van der Waals surface area contributed by atoms with Gasteiger partial charge in [-0.3, -0.25) is 4.79 Å². The van der Waals surface area contributed by atoms with Crippen LogP contribution in [0.4, 0.5) is 0 Å². The second-order valence-corrected chi connectivity index (χ2v) is 8.32. The van der Waals surface area contributed by atoms with Crippen molar-refractivity contribution in [1.82, 2.24) is 8.75 Å². The number of Topliss-reactive ketones (excluding diaryl/α,β-unsaturated/α-hetero) is 1. The van der Waals surface area contributed by atoms with E-state index < -0.39 is 5.97 Å². The molecule has 0 unspecified atom stereocenters. The van der Waals surface area contributed by atoms with Crippen LogP contribution in [0.1, 0.15) is 35.3 Å². The molecule has 8 heteroatoms. The van der Waals surface area contributed by atoms with Gasteiger partial charge in [0.05, 0.1) is 23.8 Å². The fourth-order valence-corrected chi connectivity index (χ4v) is 4.08. The van der Waals surface area contributed by atoms with Crippen LogP contribution in [0, 0.1) is 0 Å². The number of ketones is 1. The average molecular weight is 481 g/mol. The van der Waals surface area contributed by atoms with Crippen molar-refractivity contribution >= 4 is 40.1 Å². The number of allylic oxidation sites excluding steroid dienone is 1. The minimum atomic E-state index is -1.42. The Morgan fingerprint density at radius 2 is 1.56 bits per heavy atom. The number of rotatable bonds is 8. The SMILES string of the molecule is CC(C)Oc1ccc(C(=O)/C(Cc2ccccc2)=C(/C(=O)[O-])c2ccc3nsnc3c2)cc1.[Na+]. The first-order valence-electron chi connectivity index (χ1n) is 10.4. The summed E-state index contributed by atoms with van der Waals surface area (Å²) >= 11 is 1.04. The zero-order chi connectivity index (χ0) is 23.4. The van der Waals surface area contributed by atoms with Crippen molar-refractivity contribution < 1.29 is 49.0 Å². The van der Waals surface area contributed by atoms with Gasteiger partial charge in [0.15, 0.2) is 5.78 Å². The number of carbonyl (C=O) groups excluding carboxylic acids is 2. The van der Waals surface area contributed by atoms with E-state index in [-0.39, 0.29) is 59.0 Å². The van der Waals surface area contributed by atoms with Crippen LogP contribution in [0.3, 0.4) is 0 Å². The second kappa shape index (κ2) is 11.5. The molecular formula is C26H21N2NaO4S. The Bertz CT molecular complexity index is 1330. The minimum absolute atomic E-state index is 0. The Morgan fingerprint density at radius 1 is 0.912 bits per heavy atom. The van der Waals surface area contributed by atoms with Gasteiger partial charge in [0, 0.05) is 23.1 Å². The summed E-state index contributed by atoms with van der Waals surface area (Å²) in [5.41, 5.74) is 2.76. The number of aliphatic carboxylic acids is 1. The van der Waals surface area contributed by atoms with Crippen LogP contribution in [0.5, 0.6) is 5.75 Å². The third kappa shape index (κ3) is 5.98. The number of carboxylic acid groups (broad SMARTS) is 1. The first kappa shape index (κ1) is 25.8. The molecule has 0 saturated carbocycles. The molecule has 0 fully saturated rings. The number of carboxylic acids is 1. The van der Waals surface area contributed by atoms with Gasteiger partial charge in [0.25, 0.3) is 0 Å². The van der Waals surface area contributed by atoms with Crippen LogP contribution in [-0.2, 0) is 11.2 Å². The largest absolute Gasteiger partial charge is 1.00 e. The van der Waals surface area contributed by atoms with Crippen LogP contribution >= 0.6 is 11.7 Å². The van der Waals surface area contributed by atoms with Gasteiger partial charge in [-0.1, -0.05) is 36.4 Å². The fraction of sp³-hybridized carbons (Fsp3) is 0.154. The summed E-state index contributed by atoms with van der Waals surface area (Å²) in [6.45, 7) is 3.83. The zero-order valence-electron chi connectivity index (χ0n) is 19.1. The molecule has 0 aliphatic heterocycles. The van der Waals surface area contributed by atoms with Crippen molar-refractivity contribution in [3.63, 3.8) is 0 Å². The van der Waals surface area contributed by atoms with Gasteiger partial charge in [-0.25, -0.2) is 0 Å². The average Bonchev–Trinajstić information content (AvgIpc) is 3.27. The van der Waals surface area contributed by atoms with Gasteiger partial charge in [-0.05, 0) is 61.4 Å². The van der Waals surface area contributed by atoms with Crippen molar-refractivity contribution in [2.24, 2.45) is 0 Å². The number of hydrogen-bond donors (Lipinski definition) is 0. The van der Waals surface area contributed by atoms with E-state index >= 15 is 0 Å². The Hall–Kier alpha value is -2.84. The van der Waals surface area contributed by atoms with E-state index in [1.54, 1.807) is 42.5 Å². The van der Waals surface area contributed by atoms with E-state index in [4.69, 9.17) is 4.74 Å². The molecule has 1 aromatic heterocycles. The molecule has 0 saturated heterocycles. The summed E-state index contributed by atoms with van der Waals surface area (Å²) in [7, 11) is 0. The van der Waals surface area contributed by atoms with Crippen molar-refractivity contribution in [2.75, 3.05) is 0 Å². The smallest absolute Gasteiger partial charge is 0.545 e. The summed E-state index contributed by atoms with van der Waals surface area (Å²) in [6, 6.07) is 20.9. The summed E-state index contributed by atoms with van der Waals surface area (Å²) in [4.78, 5) is 25.9. The predicted octanol–water partition coefficient (Wildman–Crippen LogP) is 1.11. The molecule has 0 aliphatic rings. The molecule has 4 rings (SSSR count). The molecule has 1 heterocycles. The van der Waals surface area contributed by atoms with Gasteiger partial charge < -0.3 is 14.6 Å². The third-order valence-corrected chi connectivity index (χ3v) is 5.59. The normalized spacial score (nSPS) is 11.6. The number of aromatic nitrogens is 2. The third-order valence-electron chi connectivity index (χ3n) is 5.03. The second-order valence-electron chi connectivity index (χ2n) is 7.79. The van der Waals surface area contributed by atoms with E-state index in [0.29, 0.717) is 27.9 Å². The van der Waals surface area contributed by atoms with E-state index in [0.717, 1.165) is 17.3 Å². The Balaban J connectivity index is 0.00000324. The Morgan fingerprint density at radius 3 is 2.21 bits per heavy atom. The topological polar surface area (TPSA) is 92.2 Å². The van der Waals surface area contributed by atoms with Crippen molar-refractivity contribution in [3.05, 3.63) is 95.1 Å². The van der Waals surface area contributed by atoms with Crippen molar-refractivity contribution in [2.45, 2.75) is 26.4 Å². The molecule has 4 aromatic rings. The number of hydrogen-bond acceptors (Lipinski definition) is 7. The van der Waals surface area contributed by atoms with Gasteiger partial charge in [-0.15, -0.1) is 0 Å². The number of ether oxygens (including phenoxy) is 1. The summed E-state index contributed by atoms with van der Waals surface area (Å²) in [5.74, 6) is -1.17. The number of benzene rings is 3. The molecule has 0 radical (unpaired) electrons.